The van der Waals surface area contributed by atoms with E-state index in [1.54, 1.807) is 25.3 Å². The van der Waals surface area contributed by atoms with Gasteiger partial charge in [0.05, 0.1) is 25.7 Å². The van der Waals surface area contributed by atoms with E-state index in [1.807, 2.05) is 50.2 Å². The molecule has 2 spiro atoms. The first-order valence-electron chi connectivity index (χ1n) is 13.7. The number of anilines is 2. The topological polar surface area (TPSA) is 97.0 Å². The number of ketones is 1. The van der Waals surface area contributed by atoms with Crippen molar-refractivity contribution < 1.29 is 23.9 Å². The molecule has 40 heavy (non-hydrogen) atoms. The number of benzene rings is 3. The van der Waals surface area contributed by atoms with Crippen LogP contribution in [0, 0.1) is 19.8 Å². The summed E-state index contributed by atoms with van der Waals surface area (Å²) in [6, 6.07) is 16.3. The Morgan fingerprint density at radius 3 is 2.52 bits per heavy atom. The van der Waals surface area contributed by atoms with Crippen LogP contribution >= 0.6 is 0 Å². The van der Waals surface area contributed by atoms with E-state index in [2.05, 4.69) is 15.5 Å². The summed E-state index contributed by atoms with van der Waals surface area (Å²) in [7, 11) is 3.07. The first-order valence-corrected chi connectivity index (χ1v) is 13.7. The minimum atomic E-state index is -1.49. The molecule has 0 saturated carbocycles. The number of rotatable bonds is 4. The van der Waals surface area contributed by atoms with E-state index in [0.717, 1.165) is 28.8 Å². The fraction of sp³-hybridized carbons (Fsp3) is 0.344. The highest BCUT2D eigenvalue weighted by molar-refractivity contribution is 6.21. The lowest BCUT2D eigenvalue weighted by atomic mass is 9.57. The second-order valence-electron chi connectivity index (χ2n) is 11.3. The van der Waals surface area contributed by atoms with E-state index in [1.165, 1.54) is 7.11 Å². The average molecular weight is 538 g/mol. The van der Waals surface area contributed by atoms with Gasteiger partial charge in [0.15, 0.2) is 5.78 Å². The molecule has 204 valence electrons. The molecule has 3 aromatic rings. The molecule has 2 saturated heterocycles. The molecule has 4 heterocycles. The standard InChI is InChI=1S/C32H31N3O5/c1-17-14-18(2)27-22(15-17)32(30(38)34-27)31(21-8-5-6-9-23(21)33-29(31)37)26(24-10-7-13-35(24)32)28(36)20-12-11-19(39-3)16-25(20)40-4/h5-6,8-9,11-12,14-16,24,26H,7,10,13H2,1-4H3,(H,33,37)(H,34,38)/t24-,26+,31+,32-/m1/s1. The molecule has 2 fully saturated rings. The first-order chi connectivity index (χ1) is 19.3. The third-order valence-corrected chi connectivity index (χ3v) is 9.50. The highest BCUT2D eigenvalue weighted by Gasteiger charge is 2.81. The Labute approximate surface area is 232 Å². The molecule has 7 rings (SSSR count). The monoisotopic (exact) mass is 537 g/mol. The van der Waals surface area contributed by atoms with Gasteiger partial charge in [-0.05, 0) is 62.6 Å². The van der Waals surface area contributed by atoms with E-state index in [0.29, 0.717) is 41.3 Å². The number of nitrogens with zero attached hydrogens (tertiary/aromatic N) is 1. The molecule has 0 aromatic heterocycles. The van der Waals surface area contributed by atoms with Gasteiger partial charge in [-0.25, -0.2) is 0 Å². The highest BCUT2D eigenvalue weighted by Crippen LogP contribution is 2.68. The Balaban J connectivity index is 1.58. The Hall–Kier alpha value is -4.17. The van der Waals surface area contributed by atoms with Crippen molar-refractivity contribution >= 4 is 29.0 Å². The number of aryl methyl sites for hydroxylation is 2. The van der Waals surface area contributed by atoms with Gasteiger partial charge in [0.25, 0.3) is 5.91 Å². The predicted octanol–water partition coefficient (Wildman–Crippen LogP) is 4.34. The highest BCUT2D eigenvalue weighted by atomic mass is 16.5. The molecule has 0 unspecified atom stereocenters. The van der Waals surface area contributed by atoms with E-state index in [-0.39, 0.29) is 23.6 Å². The quantitative estimate of drug-likeness (QED) is 0.481. The van der Waals surface area contributed by atoms with Crippen LogP contribution in [0.25, 0.3) is 0 Å². The van der Waals surface area contributed by atoms with E-state index >= 15 is 0 Å². The summed E-state index contributed by atoms with van der Waals surface area (Å²) >= 11 is 0. The van der Waals surface area contributed by atoms with Gasteiger partial charge in [0.1, 0.15) is 22.5 Å². The number of methoxy groups -OCH3 is 2. The zero-order valence-corrected chi connectivity index (χ0v) is 23.0. The maximum atomic E-state index is 14.9. The number of carbonyl (C=O) groups is 3. The SMILES string of the molecule is COc1ccc(C(=O)[C@@H]2[C@H]3CCCN3[C@]3(C(=O)Nc4c(C)cc(C)cc43)[C@]23C(=O)Nc2ccccc23)c(OC)c1. The fourth-order valence-electron chi connectivity index (χ4n) is 8.21. The summed E-state index contributed by atoms with van der Waals surface area (Å²) in [5.74, 6) is -0.695. The van der Waals surface area contributed by atoms with Crippen molar-refractivity contribution in [1.82, 2.24) is 4.90 Å². The molecule has 8 heteroatoms. The molecule has 0 radical (unpaired) electrons. The minimum absolute atomic E-state index is 0.217. The lowest BCUT2D eigenvalue weighted by Crippen LogP contribution is -2.62. The molecule has 3 aromatic carbocycles. The average Bonchev–Trinajstić information content (AvgIpc) is 3.67. The molecule has 4 aliphatic rings. The molecule has 0 bridgehead atoms. The van der Waals surface area contributed by atoms with E-state index in [4.69, 9.17) is 9.47 Å². The van der Waals surface area contributed by atoms with Crippen LogP contribution in [0.4, 0.5) is 11.4 Å². The summed E-state index contributed by atoms with van der Waals surface area (Å²) in [6.07, 6.45) is 1.52. The maximum absolute atomic E-state index is 14.9. The maximum Gasteiger partial charge on any atom is 0.251 e. The molecule has 0 aliphatic carbocycles. The summed E-state index contributed by atoms with van der Waals surface area (Å²) in [6.45, 7) is 4.58. The van der Waals surface area contributed by atoms with Gasteiger partial charge in [-0.3, -0.25) is 19.3 Å². The van der Waals surface area contributed by atoms with Gasteiger partial charge in [0.2, 0.25) is 5.91 Å². The number of ether oxygens (including phenoxy) is 2. The summed E-state index contributed by atoms with van der Waals surface area (Å²) in [4.78, 5) is 46.3. The van der Waals surface area contributed by atoms with Gasteiger partial charge in [-0.15, -0.1) is 0 Å². The van der Waals surface area contributed by atoms with Crippen LogP contribution < -0.4 is 20.1 Å². The molecular weight excluding hydrogens is 506 g/mol. The van der Waals surface area contributed by atoms with Crippen LogP contribution in [0.2, 0.25) is 0 Å². The van der Waals surface area contributed by atoms with Gasteiger partial charge in [-0.1, -0.05) is 35.9 Å². The van der Waals surface area contributed by atoms with Gasteiger partial charge < -0.3 is 20.1 Å². The predicted molar refractivity (Wildman–Crippen MR) is 150 cm³/mol. The number of carbonyl (C=O) groups excluding carboxylic acids is 3. The fourth-order valence-corrected chi connectivity index (χ4v) is 8.21. The molecule has 4 atom stereocenters. The van der Waals surface area contributed by atoms with Crippen molar-refractivity contribution in [3.05, 3.63) is 82.4 Å². The first kappa shape index (κ1) is 24.8. The Kier molecular flexibility index (Phi) is 5.23. The smallest absolute Gasteiger partial charge is 0.251 e. The molecule has 2 amide bonds. The van der Waals surface area contributed by atoms with Crippen LogP contribution in [0.15, 0.2) is 54.6 Å². The number of nitrogens with one attached hydrogen (secondary N) is 2. The van der Waals surface area contributed by atoms with Crippen molar-refractivity contribution in [3.63, 3.8) is 0 Å². The number of hydrogen-bond donors (Lipinski definition) is 2. The lowest BCUT2D eigenvalue weighted by Gasteiger charge is -2.43. The normalized spacial score (nSPS) is 27.9. The summed E-state index contributed by atoms with van der Waals surface area (Å²) in [5.41, 5.74) is 2.23. The molecule has 8 nitrogen and oxygen atoms in total. The third kappa shape index (κ3) is 2.77. The molecule has 4 aliphatic heterocycles. The lowest BCUT2D eigenvalue weighted by molar-refractivity contribution is -0.137. The second-order valence-corrected chi connectivity index (χ2v) is 11.3. The molecule has 2 N–H and O–H groups in total. The van der Waals surface area contributed by atoms with Crippen LogP contribution in [0.3, 0.4) is 0 Å². The second kappa shape index (κ2) is 8.41. The van der Waals surface area contributed by atoms with Crippen molar-refractivity contribution in [2.24, 2.45) is 5.92 Å². The number of fused-ring (bicyclic) bond motifs is 7. The minimum Gasteiger partial charge on any atom is -0.497 e. The van der Waals surface area contributed by atoms with Crippen LogP contribution in [-0.4, -0.2) is 49.3 Å². The zero-order chi connectivity index (χ0) is 28.0. The van der Waals surface area contributed by atoms with Gasteiger partial charge in [0, 0.05) is 29.0 Å². The Morgan fingerprint density at radius 1 is 0.950 bits per heavy atom. The van der Waals surface area contributed by atoms with Gasteiger partial charge >= 0.3 is 0 Å². The van der Waals surface area contributed by atoms with Crippen molar-refractivity contribution in [2.45, 2.75) is 43.7 Å². The summed E-state index contributed by atoms with van der Waals surface area (Å²) in [5, 5.41) is 6.25. The van der Waals surface area contributed by atoms with Crippen LogP contribution in [0.1, 0.15) is 45.5 Å². The Bertz CT molecular complexity index is 1630. The number of para-hydroxylation sites is 1. The van der Waals surface area contributed by atoms with Crippen LogP contribution in [-0.2, 0) is 20.5 Å². The van der Waals surface area contributed by atoms with Crippen LogP contribution in [0.5, 0.6) is 11.5 Å². The number of Topliss-reactive ketones (excluding diaryl/α,β-unsaturated/α-hetero) is 1. The number of amides is 2. The Morgan fingerprint density at radius 2 is 1.75 bits per heavy atom. The van der Waals surface area contributed by atoms with Gasteiger partial charge in [-0.2, -0.15) is 0 Å². The van der Waals surface area contributed by atoms with E-state index in [9.17, 15) is 14.4 Å². The summed E-state index contributed by atoms with van der Waals surface area (Å²) < 4.78 is 11.0. The third-order valence-electron chi connectivity index (χ3n) is 9.50. The molecular formula is C32H31N3O5. The zero-order valence-electron chi connectivity index (χ0n) is 23.0. The van der Waals surface area contributed by atoms with Crippen molar-refractivity contribution in [1.29, 1.82) is 0 Å². The number of hydrogen-bond acceptors (Lipinski definition) is 6. The largest absolute Gasteiger partial charge is 0.497 e. The van der Waals surface area contributed by atoms with Crippen molar-refractivity contribution in [2.75, 3.05) is 31.4 Å². The van der Waals surface area contributed by atoms with Crippen molar-refractivity contribution in [3.8, 4) is 11.5 Å². The van der Waals surface area contributed by atoms with E-state index < -0.39 is 16.9 Å².